The summed E-state index contributed by atoms with van der Waals surface area (Å²) in [6, 6.07) is 13.3. The number of furan rings is 1. The van der Waals surface area contributed by atoms with Crippen LogP contribution < -0.4 is 0 Å². The molecule has 0 aliphatic heterocycles. The van der Waals surface area contributed by atoms with Crippen molar-refractivity contribution in [3.05, 3.63) is 59.8 Å². The topological polar surface area (TPSA) is 67.7 Å². The van der Waals surface area contributed by atoms with Crippen molar-refractivity contribution in [2.45, 2.75) is 6.42 Å². The average Bonchev–Trinajstić information content (AvgIpc) is 3.25. The minimum atomic E-state index is -0.888. The first-order valence-electron chi connectivity index (χ1n) is 7.04. The number of rotatable bonds is 4. The lowest BCUT2D eigenvalue weighted by molar-refractivity contribution is -0.136. The normalized spacial score (nSPS) is 11.1. The maximum atomic E-state index is 11.4. The van der Waals surface area contributed by atoms with Gasteiger partial charge in [-0.05, 0) is 12.1 Å². The van der Waals surface area contributed by atoms with Gasteiger partial charge in [0.05, 0.1) is 24.1 Å². The number of carbonyl (C=O) groups is 1. The molecule has 0 saturated carbocycles. The summed E-state index contributed by atoms with van der Waals surface area (Å²) in [7, 11) is 0. The van der Waals surface area contributed by atoms with Crippen molar-refractivity contribution in [1.82, 2.24) is 9.38 Å². The molecule has 6 heteroatoms. The maximum absolute atomic E-state index is 11.4. The van der Waals surface area contributed by atoms with E-state index in [0.717, 1.165) is 16.2 Å². The van der Waals surface area contributed by atoms with E-state index < -0.39 is 5.97 Å². The molecule has 0 fully saturated rings. The zero-order valence-corrected chi connectivity index (χ0v) is 12.8. The SMILES string of the molecule is O=C(O)Cc1c(-c2ccccc2)nc2scc(-c3ccco3)n12. The Balaban J connectivity index is 1.99. The smallest absolute Gasteiger partial charge is 0.309 e. The molecule has 0 unspecified atom stereocenters. The van der Waals surface area contributed by atoms with Crippen LogP contribution in [-0.4, -0.2) is 20.5 Å². The van der Waals surface area contributed by atoms with Gasteiger partial charge in [-0.15, -0.1) is 11.3 Å². The second-order valence-corrected chi connectivity index (χ2v) is 5.90. The van der Waals surface area contributed by atoms with Crippen molar-refractivity contribution >= 4 is 22.3 Å². The summed E-state index contributed by atoms with van der Waals surface area (Å²) in [5.41, 5.74) is 3.09. The number of aromatic nitrogens is 2. The zero-order valence-electron chi connectivity index (χ0n) is 12.0. The van der Waals surface area contributed by atoms with E-state index in [1.54, 1.807) is 6.26 Å². The molecule has 0 spiro atoms. The van der Waals surface area contributed by atoms with Crippen molar-refractivity contribution in [2.75, 3.05) is 0 Å². The Labute approximate surface area is 135 Å². The van der Waals surface area contributed by atoms with Crippen molar-refractivity contribution in [3.63, 3.8) is 0 Å². The Hall–Kier alpha value is -2.86. The van der Waals surface area contributed by atoms with Crippen LogP contribution in [0.4, 0.5) is 0 Å². The summed E-state index contributed by atoms with van der Waals surface area (Å²) in [6.45, 7) is 0. The van der Waals surface area contributed by atoms with Gasteiger partial charge >= 0.3 is 5.97 Å². The highest BCUT2D eigenvalue weighted by Crippen LogP contribution is 2.33. The van der Waals surface area contributed by atoms with E-state index in [-0.39, 0.29) is 6.42 Å². The fourth-order valence-electron chi connectivity index (χ4n) is 2.65. The molecular weight excluding hydrogens is 312 g/mol. The summed E-state index contributed by atoms with van der Waals surface area (Å²) in [5, 5.41) is 11.2. The fraction of sp³-hybridized carbons (Fsp3) is 0.0588. The lowest BCUT2D eigenvalue weighted by Gasteiger charge is -2.04. The average molecular weight is 324 g/mol. The molecular formula is C17H12N2O3S. The lowest BCUT2D eigenvalue weighted by Crippen LogP contribution is -2.05. The van der Waals surface area contributed by atoms with Gasteiger partial charge in [0.2, 0.25) is 0 Å². The van der Waals surface area contributed by atoms with Crippen LogP contribution in [0.3, 0.4) is 0 Å². The zero-order chi connectivity index (χ0) is 15.8. The van der Waals surface area contributed by atoms with Crippen LogP contribution in [-0.2, 0) is 11.2 Å². The number of thiazole rings is 1. The molecule has 0 bridgehead atoms. The number of aliphatic carboxylic acids is 1. The minimum absolute atomic E-state index is 0.101. The van der Waals surface area contributed by atoms with Gasteiger partial charge in [-0.2, -0.15) is 0 Å². The molecule has 3 heterocycles. The number of imidazole rings is 1. The van der Waals surface area contributed by atoms with E-state index in [9.17, 15) is 9.90 Å². The van der Waals surface area contributed by atoms with Gasteiger partial charge in [0.1, 0.15) is 5.69 Å². The third kappa shape index (κ3) is 2.33. The number of benzene rings is 1. The highest BCUT2D eigenvalue weighted by molar-refractivity contribution is 7.15. The molecule has 1 N–H and O–H groups in total. The number of hydrogen-bond acceptors (Lipinski definition) is 4. The molecule has 0 aliphatic rings. The van der Waals surface area contributed by atoms with Crippen LogP contribution in [0.1, 0.15) is 5.69 Å². The summed E-state index contributed by atoms with van der Waals surface area (Å²) in [6.07, 6.45) is 1.50. The van der Waals surface area contributed by atoms with E-state index in [4.69, 9.17) is 4.42 Å². The number of fused-ring (bicyclic) bond motifs is 1. The molecule has 0 saturated heterocycles. The van der Waals surface area contributed by atoms with Crippen LogP contribution in [0.5, 0.6) is 0 Å². The van der Waals surface area contributed by atoms with E-state index in [0.29, 0.717) is 17.1 Å². The van der Waals surface area contributed by atoms with Gasteiger partial charge in [-0.1, -0.05) is 30.3 Å². The number of carboxylic acid groups (broad SMARTS) is 1. The van der Waals surface area contributed by atoms with E-state index in [2.05, 4.69) is 4.98 Å². The summed E-state index contributed by atoms with van der Waals surface area (Å²) in [5.74, 6) is -0.194. The number of nitrogens with zero attached hydrogens (tertiary/aromatic N) is 2. The minimum Gasteiger partial charge on any atom is -0.481 e. The third-order valence-electron chi connectivity index (χ3n) is 3.60. The van der Waals surface area contributed by atoms with Crippen LogP contribution in [0, 0.1) is 0 Å². The quantitative estimate of drug-likeness (QED) is 0.617. The van der Waals surface area contributed by atoms with Gasteiger partial charge in [-0.25, -0.2) is 4.98 Å². The second-order valence-electron chi connectivity index (χ2n) is 5.06. The first-order valence-corrected chi connectivity index (χ1v) is 7.92. The largest absolute Gasteiger partial charge is 0.481 e. The predicted molar refractivity (Wildman–Crippen MR) is 87.5 cm³/mol. The van der Waals surface area contributed by atoms with Crippen molar-refractivity contribution in [1.29, 1.82) is 0 Å². The van der Waals surface area contributed by atoms with Gasteiger partial charge in [0.15, 0.2) is 10.7 Å². The molecule has 4 aromatic rings. The van der Waals surface area contributed by atoms with Crippen molar-refractivity contribution in [3.8, 4) is 22.7 Å². The Morgan fingerprint density at radius 3 is 2.74 bits per heavy atom. The molecule has 114 valence electrons. The van der Waals surface area contributed by atoms with Gasteiger partial charge < -0.3 is 9.52 Å². The van der Waals surface area contributed by atoms with Crippen molar-refractivity contribution in [2.24, 2.45) is 0 Å². The van der Waals surface area contributed by atoms with E-state index in [1.165, 1.54) is 11.3 Å². The second kappa shape index (κ2) is 5.40. The Bertz CT molecular complexity index is 968. The van der Waals surface area contributed by atoms with Gasteiger partial charge in [-0.3, -0.25) is 9.20 Å². The Kier molecular flexibility index (Phi) is 3.24. The highest BCUT2D eigenvalue weighted by atomic mass is 32.1. The van der Waals surface area contributed by atoms with Gasteiger partial charge in [0, 0.05) is 10.9 Å². The summed E-state index contributed by atoms with van der Waals surface area (Å²) < 4.78 is 7.35. The third-order valence-corrected chi connectivity index (χ3v) is 4.42. The Morgan fingerprint density at radius 2 is 2.04 bits per heavy atom. The molecule has 3 aromatic heterocycles. The monoisotopic (exact) mass is 324 g/mol. The molecule has 0 amide bonds. The number of carboxylic acids is 1. The lowest BCUT2D eigenvalue weighted by atomic mass is 10.1. The fourth-order valence-corrected chi connectivity index (χ4v) is 3.54. The van der Waals surface area contributed by atoms with Crippen LogP contribution in [0.25, 0.3) is 27.7 Å². The summed E-state index contributed by atoms with van der Waals surface area (Å²) in [4.78, 5) is 16.8. The first-order chi connectivity index (χ1) is 11.2. The molecule has 23 heavy (non-hydrogen) atoms. The maximum Gasteiger partial charge on any atom is 0.309 e. The predicted octanol–water partition coefficient (Wildman–Crippen LogP) is 3.95. The van der Waals surface area contributed by atoms with Crippen LogP contribution in [0.15, 0.2) is 58.5 Å². The number of hydrogen-bond donors (Lipinski definition) is 1. The summed E-state index contributed by atoms with van der Waals surface area (Å²) >= 11 is 1.47. The molecule has 0 radical (unpaired) electrons. The Morgan fingerprint density at radius 1 is 1.22 bits per heavy atom. The molecule has 0 atom stereocenters. The molecule has 4 rings (SSSR count). The van der Waals surface area contributed by atoms with Crippen LogP contribution in [0.2, 0.25) is 0 Å². The van der Waals surface area contributed by atoms with Crippen LogP contribution >= 0.6 is 11.3 Å². The van der Waals surface area contributed by atoms with Gasteiger partial charge in [0.25, 0.3) is 0 Å². The molecule has 1 aromatic carbocycles. The highest BCUT2D eigenvalue weighted by Gasteiger charge is 2.21. The first kappa shape index (κ1) is 13.8. The molecule has 5 nitrogen and oxygen atoms in total. The van der Waals surface area contributed by atoms with E-state index in [1.807, 2.05) is 52.2 Å². The van der Waals surface area contributed by atoms with E-state index >= 15 is 0 Å². The van der Waals surface area contributed by atoms with Crippen molar-refractivity contribution < 1.29 is 14.3 Å². The standard InChI is InChI=1S/C17H12N2O3S/c20-15(21)9-12-16(11-5-2-1-3-6-11)18-17-19(12)13(10-23-17)14-7-4-8-22-14/h1-8,10H,9H2,(H,20,21). The molecule has 0 aliphatic carbocycles.